The topological polar surface area (TPSA) is 108 Å². The summed E-state index contributed by atoms with van der Waals surface area (Å²) in [6.07, 6.45) is 15.8. The van der Waals surface area contributed by atoms with E-state index in [0.717, 1.165) is 44.9 Å². The van der Waals surface area contributed by atoms with Crippen molar-refractivity contribution in [2.75, 3.05) is 40.9 Å². The number of nitrogens with zero attached hydrogens (tertiary/aromatic N) is 1. The number of phosphoric ester groups is 1. The summed E-state index contributed by atoms with van der Waals surface area (Å²) in [6.45, 7) is 4.53. The highest BCUT2D eigenvalue weighted by Gasteiger charge is 2.24. The van der Waals surface area contributed by atoms with Crippen LogP contribution in [0.2, 0.25) is 0 Å². The molecule has 0 rings (SSSR count). The Balaban J connectivity index is 4.54. The highest BCUT2D eigenvalue weighted by molar-refractivity contribution is 7.45. The minimum absolute atomic E-state index is 0.0138. The molecule has 0 aliphatic rings. The first kappa shape index (κ1) is 35.5. The highest BCUT2D eigenvalue weighted by Crippen LogP contribution is 2.38. The predicted octanol–water partition coefficient (Wildman–Crippen LogP) is 5.32. The van der Waals surface area contributed by atoms with Gasteiger partial charge in [-0.05, 0) is 12.8 Å². The second-order valence-electron chi connectivity index (χ2n) is 11.1. The van der Waals surface area contributed by atoms with E-state index in [-0.39, 0.29) is 19.1 Å². The van der Waals surface area contributed by atoms with Gasteiger partial charge < -0.3 is 28.8 Å². The molecule has 0 aromatic heterocycles. The summed E-state index contributed by atoms with van der Waals surface area (Å²) in [6, 6.07) is -0.786. The number of likely N-dealkylation sites (N-methyl/N-ethyl adjacent to an activating group) is 1. The molecule has 8 nitrogen and oxygen atoms in total. The number of phosphoric acid groups is 1. The Bertz CT molecular complexity index is 585. The van der Waals surface area contributed by atoms with Crippen LogP contribution in [-0.2, 0) is 18.4 Å². The number of carbonyl (C=O) groups is 1. The number of unbranched alkanes of at least 4 members (excludes halogenated alkanes) is 12. The van der Waals surface area contributed by atoms with E-state index >= 15 is 0 Å². The first-order chi connectivity index (χ1) is 17.0. The summed E-state index contributed by atoms with van der Waals surface area (Å²) in [5.74, 6) is -0.187. The van der Waals surface area contributed by atoms with Gasteiger partial charge in [-0.2, -0.15) is 0 Å². The Labute approximate surface area is 221 Å². The van der Waals surface area contributed by atoms with Crippen LogP contribution in [0.5, 0.6) is 0 Å². The van der Waals surface area contributed by atoms with Gasteiger partial charge in [0, 0.05) is 6.42 Å². The van der Waals surface area contributed by atoms with E-state index in [1.807, 2.05) is 21.1 Å². The van der Waals surface area contributed by atoms with E-state index < -0.39 is 20.0 Å². The van der Waals surface area contributed by atoms with E-state index in [1.165, 1.54) is 44.9 Å². The van der Waals surface area contributed by atoms with Gasteiger partial charge in [-0.1, -0.05) is 97.3 Å². The summed E-state index contributed by atoms with van der Waals surface area (Å²) in [5.41, 5.74) is 0. The number of carbonyl (C=O) groups excluding carboxylic acids is 1. The zero-order valence-electron chi connectivity index (χ0n) is 24.0. The summed E-state index contributed by atoms with van der Waals surface area (Å²) in [4.78, 5) is 24.6. The second kappa shape index (κ2) is 21.4. The average molecular weight is 537 g/mol. The van der Waals surface area contributed by atoms with Crippen LogP contribution in [0.4, 0.5) is 0 Å². The van der Waals surface area contributed by atoms with Gasteiger partial charge in [0.2, 0.25) is 5.91 Å². The lowest BCUT2D eigenvalue weighted by atomic mass is 10.0. The molecule has 0 saturated heterocycles. The SMILES string of the molecule is CCCCCCCCCCCCC(O)C(COP(=O)([O-])OCC[N+](C)(C)C)NC(=O)CCCCCC. The fraction of sp³-hybridized carbons (Fsp3) is 0.963. The van der Waals surface area contributed by atoms with Crippen molar-refractivity contribution >= 4 is 13.7 Å². The molecule has 0 bridgehead atoms. The summed E-state index contributed by atoms with van der Waals surface area (Å²) >= 11 is 0. The van der Waals surface area contributed by atoms with Gasteiger partial charge in [0.15, 0.2) is 0 Å². The molecular formula is C27H57N2O6P. The van der Waals surface area contributed by atoms with Crippen molar-refractivity contribution in [3.05, 3.63) is 0 Å². The van der Waals surface area contributed by atoms with Gasteiger partial charge >= 0.3 is 0 Å². The quantitative estimate of drug-likeness (QED) is 0.0929. The Morgan fingerprint density at radius 1 is 0.861 bits per heavy atom. The lowest BCUT2D eigenvalue weighted by molar-refractivity contribution is -0.870. The molecule has 3 unspecified atom stereocenters. The number of aliphatic hydroxyl groups is 1. The number of aliphatic hydroxyl groups excluding tert-OH is 1. The van der Waals surface area contributed by atoms with E-state index in [1.54, 1.807) is 0 Å². The fourth-order valence-electron chi connectivity index (χ4n) is 3.92. The van der Waals surface area contributed by atoms with Crippen LogP contribution in [0.3, 0.4) is 0 Å². The lowest BCUT2D eigenvalue weighted by Gasteiger charge is -2.30. The molecule has 0 fully saturated rings. The molecule has 0 radical (unpaired) electrons. The number of rotatable bonds is 25. The van der Waals surface area contributed by atoms with Crippen molar-refractivity contribution in [1.29, 1.82) is 0 Å². The van der Waals surface area contributed by atoms with E-state index in [2.05, 4.69) is 19.2 Å². The number of hydrogen-bond acceptors (Lipinski definition) is 6. The van der Waals surface area contributed by atoms with Gasteiger partial charge in [0.25, 0.3) is 7.82 Å². The molecule has 216 valence electrons. The van der Waals surface area contributed by atoms with Crippen LogP contribution >= 0.6 is 7.82 Å². The van der Waals surface area contributed by atoms with E-state index in [0.29, 0.717) is 23.9 Å². The monoisotopic (exact) mass is 536 g/mol. The maximum atomic E-state index is 12.4. The van der Waals surface area contributed by atoms with Gasteiger partial charge in [-0.3, -0.25) is 9.36 Å². The molecule has 3 atom stereocenters. The molecule has 0 heterocycles. The largest absolute Gasteiger partial charge is 0.756 e. The molecule has 0 saturated carbocycles. The third-order valence-corrected chi connectivity index (χ3v) is 7.31. The predicted molar refractivity (Wildman–Crippen MR) is 146 cm³/mol. The molecular weight excluding hydrogens is 479 g/mol. The first-order valence-corrected chi connectivity index (χ1v) is 15.8. The molecule has 0 aromatic rings. The normalized spacial score (nSPS) is 15.4. The number of amides is 1. The van der Waals surface area contributed by atoms with Gasteiger partial charge in [-0.25, -0.2) is 0 Å². The van der Waals surface area contributed by atoms with Gasteiger partial charge in [0.1, 0.15) is 13.2 Å². The standard InChI is InChI=1S/C27H57N2O6P/c1-6-8-10-12-13-14-15-16-17-18-20-26(30)25(28-27(31)21-19-11-9-7-2)24-35-36(32,33)34-23-22-29(3,4)5/h25-26,30H,6-24H2,1-5H3,(H-,28,31,32,33). The van der Waals surface area contributed by atoms with Crippen LogP contribution in [0, 0.1) is 0 Å². The van der Waals surface area contributed by atoms with Crippen molar-refractivity contribution in [3.8, 4) is 0 Å². The smallest absolute Gasteiger partial charge is 0.268 e. The Morgan fingerprint density at radius 2 is 1.36 bits per heavy atom. The minimum atomic E-state index is -4.52. The number of nitrogens with one attached hydrogen (secondary N) is 1. The number of hydrogen-bond donors (Lipinski definition) is 2. The van der Waals surface area contributed by atoms with Crippen LogP contribution < -0.4 is 10.2 Å². The van der Waals surface area contributed by atoms with Crippen molar-refractivity contribution in [3.63, 3.8) is 0 Å². The van der Waals surface area contributed by atoms with Crippen LogP contribution in [0.15, 0.2) is 0 Å². The summed E-state index contributed by atoms with van der Waals surface area (Å²) in [5, 5.41) is 13.5. The van der Waals surface area contributed by atoms with Crippen LogP contribution in [0.1, 0.15) is 117 Å². The molecule has 9 heteroatoms. The maximum Gasteiger partial charge on any atom is 0.268 e. The second-order valence-corrected chi connectivity index (χ2v) is 12.5. The third-order valence-electron chi connectivity index (χ3n) is 6.35. The van der Waals surface area contributed by atoms with Crippen LogP contribution in [0.25, 0.3) is 0 Å². The van der Waals surface area contributed by atoms with E-state index in [9.17, 15) is 19.4 Å². The van der Waals surface area contributed by atoms with Crippen molar-refractivity contribution in [2.45, 2.75) is 129 Å². The molecule has 0 aliphatic heterocycles. The molecule has 36 heavy (non-hydrogen) atoms. The van der Waals surface area contributed by atoms with Crippen molar-refractivity contribution in [1.82, 2.24) is 5.32 Å². The zero-order valence-corrected chi connectivity index (χ0v) is 24.9. The Hall–Kier alpha value is -0.500. The molecule has 0 aliphatic carbocycles. The summed E-state index contributed by atoms with van der Waals surface area (Å²) < 4.78 is 22.8. The Morgan fingerprint density at radius 3 is 1.89 bits per heavy atom. The molecule has 1 amide bonds. The third kappa shape index (κ3) is 22.7. The van der Waals surface area contributed by atoms with Gasteiger partial charge in [-0.15, -0.1) is 0 Å². The van der Waals surface area contributed by atoms with Crippen LogP contribution in [-0.4, -0.2) is 68.5 Å². The zero-order chi connectivity index (χ0) is 27.3. The van der Waals surface area contributed by atoms with Crippen molar-refractivity contribution in [2.24, 2.45) is 0 Å². The first-order valence-electron chi connectivity index (χ1n) is 14.4. The summed E-state index contributed by atoms with van der Waals surface area (Å²) in [7, 11) is 1.30. The maximum absolute atomic E-state index is 12.4. The van der Waals surface area contributed by atoms with Crippen molar-refractivity contribution < 1.29 is 32.9 Å². The van der Waals surface area contributed by atoms with E-state index in [4.69, 9.17) is 9.05 Å². The van der Waals surface area contributed by atoms with Gasteiger partial charge in [0.05, 0.1) is 39.9 Å². The molecule has 2 N–H and O–H groups in total. The minimum Gasteiger partial charge on any atom is -0.756 e. The molecule has 0 spiro atoms. The fourth-order valence-corrected chi connectivity index (χ4v) is 4.64. The molecule has 0 aromatic carbocycles. The lowest BCUT2D eigenvalue weighted by Crippen LogP contribution is -2.46. The highest BCUT2D eigenvalue weighted by atomic mass is 31.2. The Kier molecular flexibility index (Phi) is 21.1. The number of quaternary nitrogens is 1. The average Bonchev–Trinajstić information content (AvgIpc) is 2.79.